The first-order valence-electron chi connectivity index (χ1n) is 6.80. The van der Waals surface area contributed by atoms with E-state index in [2.05, 4.69) is 11.9 Å². The Morgan fingerprint density at radius 3 is 2.52 bits per heavy atom. The van der Waals surface area contributed by atoms with Crippen LogP contribution in [0.3, 0.4) is 0 Å². The molecule has 0 saturated heterocycles. The van der Waals surface area contributed by atoms with Gasteiger partial charge in [0.25, 0.3) is 5.91 Å². The van der Waals surface area contributed by atoms with Crippen molar-refractivity contribution in [3.05, 3.63) is 65.2 Å². The summed E-state index contributed by atoms with van der Waals surface area (Å²) in [6.07, 6.45) is 1.66. The lowest BCUT2D eigenvalue weighted by atomic mass is 10.3. The van der Waals surface area contributed by atoms with E-state index in [0.29, 0.717) is 33.8 Å². The Bertz CT molecular complexity index is 687. The predicted octanol–water partition coefficient (Wildman–Crippen LogP) is 4.58. The molecule has 0 aliphatic rings. The lowest BCUT2D eigenvalue weighted by molar-refractivity contribution is -0.118. The number of anilines is 1. The second kappa shape index (κ2) is 8.46. The van der Waals surface area contributed by atoms with E-state index in [-0.39, 0.29) is 12.5 Å². The molecule has 2 rings (SSSR count). The fourth-order valence-corrected chi connectivity index (χ4v) is 2.19. The van der Waals surface area contributed by atoms with Gasteiger partial charge in [0.05, 0.1) is 5.02 Å². The number of rotatable bonds is 7. The molecule has 1 N–H and O–H groups in total. The number of halogens is 2. The second-order valence-electron chi connectivity index (χ2n) is 4.54. The van der Waals surface area contributed by atoms with Crippen LogP contribution in [0.4, 0.5) is 5.69 Å². The highest BCUT2D eigenvalue weighted by Crippen LogP contribution is 2.27. The highest BCUT2D eigenvalue weighted by molar-refractivity contribution is 6.35. The molecule has 1 amide bonds. The van der Waals surface area contributed by atoms with Gasteiger partial charge in [-0.25, -0.2) is 0 Å². The Kier molecular flexibility index (Phi) is 6.32. The van der Waals surface area contributed by atoms with Crippen molar-refractivity contribution in [2.24, 2.45) is 0 Å². The first kappa shape index (κ1) is 17.2. The van der Waals surface area contributed by atoms with Gasteiger partial charge in [-0.3, -0.25) is 4.79 Å². The minimum atomic E-state index is -0.296. The van der Waals surface area contributed by atoms with Crippen LogP contribution in [0.15, 0.2) is 55.1 Å². The minimum absolute atomic E-state index is 0.157. The lowest BCUT2D eigenvalue weighted by Gasteiger charge is -2.09. The third kappa shape index (κ3) is 5.51. The van der Waals surface area contributed by atoms with Gasteiger partial charge in [0, 0.05) is 10.7 Å². The van der Waals surface area contributed by atoms with Crippen LogP contribution in [-0.4, -0.2) is 19.1 Å². The van der Waals surface area contributed by atoms with E-state index in [1.54, 1.807) is 48.5 Å². The number of amides is 1. The Labute approximate surface area is 144 Å². The number of nitrogens with one attached hydrogen (secondary N) is 1. The van der Waals surface area contributed by atoms with Crippen LogP contribution in [0, 0.1) is 0 Å². The molecule has 0 fully saturated rings. The van der Waals surface area contributed by atoms with Gasteiger partial charge in [-0.15, -0.1) is 0 Å². The topological polar surface area (TPSA) is 47.6 Å². The normalized spacial score (nSPS) is 10.0. The minimum Gasteiger partial charge on any atom is -0.490 e. The maximum absolute atomic E-state index is 11.9. The third-order valence-electron chi connectivity index (χ3n) is 2.76. The summed E-state index contributed by atoms with van der Waals surface area (Å²) in [7, 11) is 0. The summed E-state index contributed by atoms with van der Waals surface area (Å²) in [4.78, 5) is 11.9. The van der Waals surface area contributed by atoms with Crippen LogP contribution >= 0.6 is 23.2 Å². The van der Waals surface area contributed by atoms with Gasteiger partial charge in [0.15, 0.2) is 6.61 Å². The Morgan fingerprint density at radius 2 is 1.87 bits per heavy atom. The summed E-state index contributed by atoms with van der Waals surface area (Å²) in [5.74, 6) is 0.808. The van der Waals surface area contributed by atoms with Gasteiger partial charge >= 0.3 is 0 Å². The summed E-state index contributed by atoms with van der Waals surface area (Å²) < 4.78 is 10.7. The highest BCUT2D eigenvalue weighted by atomic mass is 35.5. The summed E-state index contributed by atoms with van der Waals surface area (Å²) in [5, 5.41) is 3.58. The number of carbonyl (C=O) groups is 1. The first-order chi connectivity index (χ1) is 11.1. The predicted molar refractivity (Wildman–Crippen MR) is 92.7 cm³/mol. The van der Waals surface area contributed by atoms with E-state index in [9.17, 15) is 4.79 Å². The largest absolute Gasteiger partial charge is 0.490 e. The molecule has 4 nitrogen and oxygen atoms in total. The fraction of sp³-hybridized carbons (Fsp3) is 0.118. The number of hydrogen-bond acceptors (Lipinski definition) is 3. The maximum atomic E-state index is 11.9. The van der Waals surface area contributed by atoms with Crippen molar-refractivity contribution in [2.75, 3.05) is 18.5 Å². The van der Waals surface area contributed by atoms with Gasteiger partial charge in [0.1, 0.15) is 18.1 Å². The molecule has 0 aromatic heterocycles. The molecule has 0 aliphatic heterocycles. The molecule has 0 saturated carbocycles. The molecule has 0 spiro atoms. The number of ether oxygens (including phenoxy) is 2. The number of benzene rings is 2. The molecule has 0 atom stereocenters. The third-order valence-corrected chi connectivity index (χ3v) is 3.29. The Balaban J connectivity index is 1.85. The zero-order valence-electron chi connectivity index (χ0n) is 12.2. The molecule has 2 aromatic rings. The number of hydrogen-bond donors (Lipinski definition) is 1. The lowest BCUT2D eigenvalue weighted by Crippen LogP contribution is -2.20. The molecule has 0 aliphatic carbocycles. The monoisotopic (exact) mass is 351 g/mol. The standard InChI is InChI=1S/C17H15Cl2NO3/c1-2-9-22-14-6-4-13(5-7-14)20-17(21)11-23-16-8-3-12(18)10-15(16)19/h2-8,10H,1,9,11H2,(H,20,21). The second-order valence-corrected chi connectivity index (χ2v) is 5.38. The SMILES string of the molecule is C=CCOc1ccc(NC(=O)COc2ccc(Cl)cc2Cl)cc1. The molecular formula is C17H15Cl2NO3. The maximum Gasteiger partial charge on any atom is 0.262 e. The van der Waals surface area contributed by atoms with Crippen LogP contribution in [0.1, 0.15) is 0 Å². The summed E-state index contributed by atoms with van der Waals surface area (Å²) in [6, 6.07) is 11.8. The van der Waals surface area contributed by atoms with Crippen molar-refractivity contribution in [1.82, 2.24) is 0 Å². The van der Waals surface area contributed by atoms with E-state index in [4.69, 9.17) is 32.7 Å². The Morgan fingerprint density at radius 1 is 1.13 bits per heavy atom. The van der Waals surface area contributed by atoms with Crippen LogP contribution < -0.4 is 14.8 Å². The molecule has 0 radical (unpaired) electrons. The smallest absolute Gasteiger partial charge is 0.262 e. The van der Waals surface area contributed by atoms with Gasteiger partial charge in [0.2, 0.25) is 0 Å². The van der Waals surface area contributed by atoms with Crippen LogP contribution in [-0.2, 0) is 4.79 Å². The molecule has 0 bridgehead atoms. The summed E-state index contributed by atoms with van der Waals surface area (Å²) >= 11 is 11.8. The molecule has 0 unspecified atom stereocenters. The van der Waals surface area contributed by atoms with Gasteiger partial charge in [-0.2, -0.15) is 0 Å². The van der Waals surface area contributed by atoms with Crippen molar-refractivity contribution in [3.63, 3.8) is 0 Å². The first-order valence-corrected chi connectivity index (χ1v) is 7.55. The fourth-order valence-electron chi connectivity index (χ4n) is 1.72. The van der Waals surface area contributed by atoms with Gasteiger partial charge in [-0.1, -0.05) is 35.9 Å². The number of carbonyl (C=O) groups excluding carboxylic acids is 1. The Hall–Kier alpha value is -2.17. The molecule has 2 aromatic carbocycles. The average Bonchev–Trinajstić information content (AvgIpc) is 2.53. The zero-order chi connectivity index (χ0) is 16.7. The quantitative estimate of drug-likeness (QED) is 0.743. The van der Waals surface area contributed by atoms with Gasteiger partial charge in [-0.05, 0) is 42.5 Å². The molecule has 6 heteroatoms. The average molecular weight is 352 g/mol. The highest BCUT2D eigenvalue weighted by Gasteiger charge is 2.07. The van der Waals surface area contributed by atoms with E-state index in [0.717, 1.165) is 0 Å². The summed E-state index contributed by atoms with van der Waals surface area (Å²) in [5.41, 5.74) is 0.645. The molecule has 23 heavy (non-hydrogen) atoms. The van der Waals surface area contributed by atoms with E-state index in [1.807, 2.05) is 0 Å². The van der Waals surface area contributed by atoms with Crippen LogP contribution in [0.2, 0.25) is 10.0 Å². The van der Waals surface area contributed by atoms with E-state index < -0.39 is 0 Å². The molecule has 120 valence electrons. The van der Waals surface area contributed by atoms with Crippen molar-refractivity contribution in [2.45, 2.75) is 0 Å². The van der Waals surface area contributed by atoms with E-state index in [1.165, 1.54) is 0 Å². The van der Waals surface area contributed by atoms with Crippen molar-refractivity contribution in [3.8, 4) is 11.5 Å². The summed E-state index contributed by atoms with van der Waals surface area (Å²) in [6.45, 7) is 3.85. The molecular weight excluding hydrogens is 337 g/mol. The van der Waals surface area contributed by atoms with Crippen molar-refractivity contribution in [1.29, 1.82) is 0 Å². The molecule has 0 heterocycles. The van der Waals surface area contributed by atoms with Gasteiger partial charge < -0.3 is 14.8 Å². The van der Waals surface area contributed by atoms with Crippen LogP contribution in [0.5, 0.6) is 11.5 Å². The van der Waals surface area contributed by atoms with Crippen molar-refractivity contribution >= 4 is 34.8 Å². The van der Waals surface area contributed by atoms with Crippen molar-refractivity contribution < 1.29 is 14.3 Å². The van der Waals surface area contributed by atoms with E-state index >= 15 is 0 Å². The zero-order valence-corrected chi connectivity index (χ0v) is 13.7. The van der Waals surface area contributed by atoms with Crippen LogP contribution in [0.25, 0.3) is 0 Å².